The number of rotatable bonds is 23. The Bertz CT molecular complexity index is 1770. The molecule has 0 bridgehead atoms. The Labute approximate surface area is 322 Å². The Hall–Kier alpha value is -5.62. The van der Waals surface area contributed by atoms with Gasteiger partial charge < -0.3 is 38.3 Å². The fourth-order valence-electron chi connectivity index (χ4n) is 5.20. The molecule has 1 N–H and O–H groups in total. The van der Waals surface area contributed by atoms with Gasteiger partial charge in [-0.25, -0.2) is 14.4 Å². The minimum atomic E-state index is -1.05. The summed E-state index contributed by atoms with van der Waals surface area (Å²) in [6.07, 6.45) is 5.18. The van der Waals surface area contributed by atoms with Crippen LogP contribution in [0.5, 0.6) is 11.5 Å². The number of aliphatic hydroxyl groups excluding tert-OH is 1. The third-order valence-electron chi connectivity index (χ3n) is 8.27. The van der Waals surface area contributed by atoms with Crippen LogP contribution in [0.1, 0.15) is 91.6 Å². The summed E-state index contributed by atoms with van der Waals surface area (Å²) >= 11 is 0. The summed E-state index contributed by atoms with van der Waals surface area (Å²) < 4.78 is 37.6. The van der Waals surface area contributed by atoms with Crippen LogP contribution in [0, 0.1) is 0 Å². The second-order valence-electron chi connectivity index (χ2n) is 14.4. The van der Waals surface area contributed by atoms with Crippen molar-refractivity contribution in [3.63, 3.8) is 0 Å². The van der Waals surface area contributed by atoms with Crippen LogP contribution in [-0.2, 0) is 39.7 Å². The molecule has 0 saturated heterocycles. The number of ether oxygens (including phenoxy) is 7. The van der Waals surface area contributed by atoms with E-state index in [4.69, 9.17) is 33.2 Å². The Morgan fingerprint density at radius 2 is 1.31 bits per heavy atom. The largest absolute Gasteiger partial charge is 0.491 e. The van der Waals surface area contributed by atoms with Crippen LogP contribution < -0.4 is 9.47 Å². The maximum Gasteiger partial charge on any atom is 0.338 e. The smallest absolute Gasteiger partial charge is 0.338 e. The average Bonchev–Trinajstić information content (AvgIpc) is 4.00. The monoisotopic (exact) mass is 758 g/mol. The van der Waals surface area contributed by atoms with Crippen LogP contribution >= 0.6 is 0 Å². The summed E-state index contributed by atoms with van der Waals surface area (Å²) in [5.41, 5.74) is 0.994. The lowest BCUT2D eigenvalue weighted by Gasteiger charge is -2.25. The predicted molar refractivity (Wildman–Crippen MR) is 202 cm³/mol. The topological polar surface area (TPSA) is 156 Å². The highest BCUT2D eigenvalue weighted by molar-refractivity contribution is 5.93. The van der Waals surface area contributed by atoms with Gasteiger partial charge in [0.05, 0.1) is 11.1 Å². The highest BCUT2D eigenvalue weighted by Gasteiger charge is 2.26. The molecular formula is C43H50O12. The summed E-state index contributed by atoms with van der Waals surface area (Å²) in [6, 6.07) is 21.3. The number of unbranched alkanes of at least 4 members (excludes halogenated alkanes) is 2. The highest BCUT2D eigenvalue weighted by atomic mass is 16.6. The van der Waals surface area contributed by atoms with E-state index in [2.05, 4.69) is 6.58 Å². The standard InChI is InChI=1S/C43H50O12/c1-6-38(45)53-29-43(4,5)54-39(46)10-8-7-9-23-42(2,3)55-41(48)33-17-15-32(16-18-33)40(47)52-26-34(44)25-49-35-19-11-30(12-20-35)24-31-13-21-36(22-14-31)50-27-37-28-51-37/h6,11-22,28,34,44H,1,7-10,23-27,29H2,2-5H3. The molecular weight excluding hydrogens is 708 g/mol. The summed E-state index contributed by atoms with van der Waals surface area (Å²) in [5, 5.41) is 10.4. The molecule has 0 saturated carbocycles. The van der Waals surface area contributed by atoms with Crippen LogP contribution in [0.4, 0.5) is 0 Å². The van der Waals surface area contributed by atoms with Gasteiger partial charge in [0.15, 0.2) is 5.76 Å². The van der Waals surface area contributed by atoms with Gasteiger partial charge in [0.25, 0.3) is 0 Å². The van der Waals surface area contributed by atoms with E-state index >= 15 is 0 Å². The molecule has 0 radical (unpaired) electrons. The number of aliphatic hydroxyl groups is 1. The van der Waals surface area contributed by atoms with Gasteiger partial charge in [-0.15, -0.1) is 0 Å². The average molecular weight is 759 g/mol. The van der Waals surface area contributed by atoms with Gasteiger partial charge in [-0.3, -0.25) is 4.79 Å². The molecule has 0 aliphatic carbocycles. The number of hydrogen-bond donors (Lipinski definition) is 1. The Morgan fingerprint density at radius 3 is 1.89 bits per heavy atom. The van der Waals surface area contributed by atoms with E-state index in [9.17, 15) is 24.3 Å². The van der Waals surface area contributed by atoms with E-state index in [1.54, 1.807) is 20.1 Å². The van der Waals surface area contributed by atoms with Crippen molar-refractivity contribution in [1.29, 1.82) is 0 Å². The fourth-order valence-corrected chi connectivity index (χ4v) is 5.20. The maximum absolute atomic E-state index is 12.8. The third kappa shape index (κ3) is 15.7. The van der Waals surface area contributed by atoms with E-state index in [1.165, 1.54) is 24.3 Å². The zero-order valence-corrected chi connectivity index (χ0v) is 31.9. The Balaban J connectivity index is 1.09. The molecule has 0 spiro atoms. The van der Waals surface area contributed by atoms with Crippen molar-refractivity contribution < 1.29 is 57.4 Å². The minimum absolute atomic E-state index is 0.0703. The Morgan fingerprint density at radius 1 is 0.727 bits per heavy atom. The second kappa shape index (κ2) is 20.2. The molecule has 1 aliphatic rings. The number of hydrogen-bond acceptors (Lipinski definition) is 12. The van der Waals surface area contributed by atoms with E-state index in [0.29, 0.717) is 31.6 Å². The molecule has 0 fully saturated rings. The van der Waals surface area contributed by atoms with E-state index < -0.39 is 35.2 Å². The van der Waals surface area contributed by atoms with Gasteiger partial charge in [-0.1, -0.05) is 37.3 Å². The number of carbonyl (C=O) groups is 4. The van der Waals surface area contributed by atoms with Gasteiger partial charge in [-0.2, -0.15) is 0 Å². The van der Waals surface area contributed by atoms with Crippen molar-refractivity contribution >= 4 is 23.9 Å². The summed E-state index contributed by atoms with van der Waals surface area (Å²) in [6.45, 7) is 10.3. The zero-order valence-electron chi connectivity index (χ0n) is 31.9. The molecule has 1 aliphatic heterocycles. The third-order valence-corrected chi connectivity index (χ3v) is 8.27. The van der Waals surface area contributed by atoms with Crippen molar-refractivity contribution in [2.45, 2.75) is 83.5 Å². The molecule has 3 aromatic rings. The molecule has 4 rings (SSSR count). The molecule has 1 atom stereocenters. The van der Waals surface area contributed by atoms with Crippen LogP contribution in [0.3, 0.4) is 0 Å². The predicted octanol–water partition coefficient (Wildman–Crippen LogP) is 7.06. The molecule has 12 nitrogen and oxygen atoms in total. The second-order valence-corrected chi connectivity index (χ2v) is 14.4. The van der Waals surface area contributed by atoms with Gasteiger partial charge in [0.2, 0.25) is 0 Å². The first-order valence-corrected chi connectivity index (χ1v) is 18.2. The lowest BCUT2D eigenvalue weighted by Crippen LogP contribution is -2.34. The SMILES string of the molecule is C=CC(=O)OCC(C)(C)OC(=O)CCCCCC(C)(C)OC(=O)c1ccc(C(=O)OCC(O)COc2ccc(Cc3ccc(OCC4=CO4)cc3)cc2)cc1. The maximum atomic E-state index is 12.8. The van der Waals surface area contributed by atoms with Gasteiger partial charge in [-0.05, 0) is 113 Å². The molecule has 0 amide bonds. The van der Waals surface area contributed by atoms with Crippen molar-refractivity contribution in [3.05, 3.63) is 120 Å². The molecule has 12 heteroatoms. The number of esters is 4. The zero-order chi connectivity index (χ0) is 39.8. The van der Waals surface area contributed by atoms with Crippen molar-refractivity contribution in [2.75, 3.05) is 26.4 Å². The van der Waals surface area contributed by atoms with Crippen LogP contribution in [0.2, 0.25) is 0 Å². The lowest BCUT2D eigenvalue weighted by molar-refractivity contribution is -0.166. The lowest BCUT2D eigenvalue weighted by atomic mass is 9.99. The molecule has 1 unspecified atom stereocenters. The molecule has 1 heterocycles. The number of benzene rings is 3. The number of carbonyl (C=O) groups excluding carboxylic acids is 4. The molecule has 3 aromatic carbocycles. The fraction of sp³-hybridized carbons (Fsp3) is 0.395. The summed E-state index contributed by atoms with van der Waals surface area (Å²) in [4.78, 5) is 48.9. The first-order chi connectivity index (χ1) is 26.2. The molecule has 0 aromatic heterocycles. The van der Waals surface area contributed by atoms with Crippen LogP contribution in [0.25, 0.3) is 0 Å². The highest BCUT2D eigenvalue weighted by Crippen LogP contribution is 2.23. The Kier molecular flexibility index (Phi) is 15.4. The minimum Gasteiger partial charge on any atom is -0.491 e. The normalized spacial score (nSPS) is 12.6. The van der Waals surface area contributed by atoms with E-state index in [0.717, 1.165) is 41.6 Å². The molecule has 55 heavy (non-hydrogen) atoms. The first kappa shape index (κ1) is 42.1. The van der Waals surface area contributed by atoms with Crippen molar-refractivity contribution in [2.24, 2.45) is 0 Å². The van der Waals surface area contributed by atoms with Gasteiger partial charge in [0, 0.05) is 12.5 Å². The first-order valence-electron chi connectivity index (χ1n) is 18.2. The summed E-state index contributed by atoms with van der Waals surface area (Å²) in [5.74, 6) is 0.0241. The quantitative estimate of drug-likeness (QED) is 0.0455. The van der Waals surface area contributed by atoms with E-state index in [-0.39, 0.29) is 43.3 Å². The van der Waals surface area contributed by atoms with Crippen LogP contribution in [-0.4, -0.2) is 72.7 Å². The van der Waals surface area contributed by atoms with Crippen molar-refractivity contribution in [1.82, 2.24) is 0 Å². The van der Waals surface area contributed by atoms with E-state index in [1.807, 2.05) is 62.4 Å². The van der Waals surface area contributed by atoms with Crippen LogP contribution in [0.15, 0.2) is 97.5 Å². The van der Waals surface area contributed by atoms with Crippen molar-refractivity contribution in [3.8, 4) is 11.5 Å². The molecule has 294 valence electrons. The summed E-state index contributed by atoms with van der Waals surface area (Å²) in [7, 11) is 0. The van der Waals surface area contributed by atoms with Gasteiger partial charge >= 0.3 is 23.9 Å². The van der Waals surface area contributed by atoms with Gasteiger partial charge in [0.1, 0.15) is 61.5 Å².